The highest BCUT2D eigenvalue weighted by Gasteiger charge is 2.38. The lowest BCUT2D eigenvalue weighted by Crippen LogP contribution is -2.40. The van der Waals surface area contributed by atoms with Crippen LogP contribution in [-0.4, -0.2) is 59.2 Å². The Bertz CT molecular complexity index is 880. The quantitative estimate of drug-likeness (QED) is 0.751. The van der Waals surface area contributed by atoms with Gasteiger partial charge in [0.1, 0.15) is 10.9 Å². The maximum atomic E-state index is 12.2. The zero-order valence-corrected chi connectivity index (χ0v) is 16.3. The molecule has 2 amide bonds. The van der Waals surface area contributed by atoms with Gasteiger partial charge in [0.2, 0.25) is 21.9 Å². The Kier molecular flexibility index (Phi) is 4.85. The summed E-state index contributed by atoms with van der Waals surface area (Å²) in [7, 11) is -3.80. The van der Waals surface area contributed by atoms with Crippen molar-refractivity contribution >= 4 is 28.0 Å². The number of nitrogens with two attached hydrogens (primary N) is 1. The highest BCUT2D eigenvalue weighted by atomic mass is 32.2. The van der Waals surface area contributed by atoms with Crippen LogP contribution in [0.5, 0.6) is 0 Å². The number of ether oxygens (including phenoxy) is 1. The van der Waals surface area contributed by atoms with Gasteiger partial charge in [0.05, 0.1) is 12.2 Å². The van der Waals surface area contributed by atoms with E-state index in [4.69, 9.17) is 9.88 Å². The van der Waals surface area contributed by atoms with E-state index in [9.17, 15) is 18.0 Å². The number of aromatic nitrogens is 2. The first-order valence-corrected chi connectivity index (χ1v) is 10.2. The van der Waals surface area contributed by atoms with E-state index in [2.05, 4.69) is 9.97 Å². The molecule has 0 aromatic carbocycles. The lowest BCUT2D eigenvalue weighted by molar-refractivity contribution is -0.117. The molecular weight excluding hydrogens is 374 g/mol. The van der Waals surface area contributed by atoms with Crippen LogP contribution in [0, 0.1) is 0 Å². The number of hydrogen-bond acceptors (Lipinski definition) is 7. The molecule has 1 atom stereocenters. The molecule has 0 radical (unpaired) electrons. The number of carbonyl (C=O) groups is 2. The Morgan fingerprint density at radius 3 is 2.67 bits per heavy atom. The molecule has 2 aliphatic heterocycles. The lowest BCUT2D eigenvalue weighted by atomic mass is 10.1. The molecule has 0 bridgehead atoms. The summed E-state index contributed by atoms with van der Waals surface area (Å²) in [6, 6.07) is 0. The number of amides is 2. The van der Waals surface area contributed by atoms with Crippen LogP contribution in [0.4, 0.5) is 10.7 Å². The lowest BCUT2D eigenvalue weighted by Gasteiger charge is -2.31. The maximum Gasteiger partial charge on any atom is 0.410 e. The molecule has 2 aliphatic rings. The van der Waals surface area contributed by atoms with Crippen molar-refractivity contribution in [3.63, 3.8) is 0 Å². The summed E-state index contributed by atoms with van der Waals surface area (Å²) in [4.78, 5) is 35.8. The summed E-state index contributed by atoms with van der Waals surface area (Å²) < 4.78 is 28.4. The number of hydrogen-bond donors (Lipinski definition) is 1. The van der Waals surface area contributed by atoms with Crippen molar-refractivity contribution < 1.29 is 22.7 Å². The molecule has 0 aliphatic carbocycles. The third-order valence-electron chi connectivity index (χ3n) is 4.37. The van der Waals surface area contributed by atoms with E-state index < -0.39 is 27.0 Å². The fourth-order valence-corrected chi connectivity index (χ4v) is 3.74. The average Bonchev–Trinajstić information content (AvgIpc) is 2.94. The van der Waals surface area contributed by atoms with Crippen molar-refractivity contribution in [1.29, 1.82) is 0 Å². The summed E-state index contributed by atoms with van der Waals surface area (Å²) in [6.07, 6.45) is 1.48. The van der Waals surface area contributed by atoms with Gasteiger partial charge in [0.25, 0.3) is 0 Å². The first kappa shape index (κ1) is 19.5. The van der Waals surface area contributed by atoms with Gasteiger partial charge in [-0.15, -0.1) is 0 Å². The maximum absolute atomic E-state index is 12.2. The molecule has 27 heavy (non-hydrogen) atoms. The first-order valence-electron chi connectivity index (χ1n) is 8.59. The number of fused-ring (bicyclic) bond motifs is 1. The van der Waals surface area contributed by atoms with Gasteiger partial charge in [0.15, 0.2) is 0 Å². The Morgan fingerprint density at radius 2 is 2.07 bits per heavy atom. The molecule has 0 spiro atoms. The average molecular weight is 397 g/mol. The topological polar surface area (TPSA) is 136 Å². The molecular formula is C16H23N5O5S. The highest BCUT2D eigenvalue weighted by molar-refractivity contribution is 7.89. The van der Waals surface area contributed by atoms with Crippen molar-refractivity contribution in [1.82, 2.24) is 14.9 Å². The van der Waals surface area contributed by atoms with E-state index in [-0.39, 0.29) is 24.8 Å². The summed E-state index contributed by atoms with van der Waals surface area (Å²) in [5, 5.41) is 4.19. The molecule has 10 nitrogen and oxygen atoms in total. The van der Waals surface area contributed by atoms with Gasteiger partial charge in [-0.05, 0) is 20.8 Å². The van der Waals surface area contributed by atoms with Crippen molar-refractivity contribution in [2.45, 2.75) is 51.0 Å². The van der Waals surface area contributed by atoms with Gasteiger partial charge in [0, 0.05) is 37.7 Å². The largest absolute Gasteiger partial charge is 0.444 e. The SMILES string of the molecule is CC(C)(C)OC(=O)N1CCc2nc(N3CC(S(N)(=O)=O)CC3=O)ncc2C1. The third kappa shape index (κ3) is 4.35. The van der Waals surface area contributed by atoms with Crippen LogP contribution >= 0.6 is 0 Å². The van der Waals surface area contributed by atoms with Crippen LogP contribution in [0.3, 0.4) is 0 Å². The zero-order chi connectivity index (χ0) is 20.0. The molecule has 1 unspecified atom stereocenters. The van der Waals surface area contributed by atoms with Gasteiger partial charge in [-0.3, -0.25) is 9.69 Å². The summed E-state index contributed by atoms with van der Waals surface area (Å²) in [5.74, 6) is -0.212. The van der Waals surface area contributed by atoms with E-state index in [0.29, 0.717) is 19.5 Å². The number of primary sulfonamides is 1. The van der Waals surface area contributed by atoms with E-state index in [1.165, 1.54) is 4.90 Å². The van der Waals surface area contributed by atoms with Crippen molar-refractivity contribution in [3.05, 3.63) is 17.5 Å². The van der Waals surface area contributed by atoms with Crippen LogP contribution in [0.2, 0.25) is 0 Å². The highest BCUT2D eigenvalue weighted by Crippen LogP contribution is 2.25. The van der Waals surface area contributed by atoms with Crippen LogP contribution in [0.1, 0.15) is 38.4 Å². The molecule has 0 saturated carbocycles. The van der Waals surface area contributed by atoms with Crippen molar-refractivity contribution in [2.75, 3.05) is 18.0 Å². The Balaban J connectivity index is 1.74. The molecule has 148 valence electrons. The van der Waals surface area contributed by atoms with Gasteiger partial charge < -0.3 is 9.64 Å². The normalized spacial score (nSPS) is 20.6. The van der Waals surface area contributed by atoms with Crippen LogP contribution in [0.25, 0.3) is 0 Å². The first-order chi connectivity index (χ1) is 12.4. The Hall–Kier alpha value is -2.27. The summed E-state index contributed by atoms with van der Waals surface area (Å²) in [6.45, 7) is 6.12. The minimum absolute atomic E-state index is 0.0551. The molecule has 3 heterocycles. The van der Waals surface area contributed by atoms with Gasteiger partial charge in [-0.2, -0.15) is 0 Å². The zero-order valence-electron chi connectivity index (χ0n) is 15.5. The number of carbonyl (C=O) groups excluding carboxylic acids is 2. The molecule has 1 fully saturated rings. The van der Waals surface area contributed by atoms with Gasteiger partial charge >= 0.3 is 6.09 Å². The fraction of sp³-hybridized carbons (Fsp3) is 0.625. The van der Waals surface area contributed by atoms with Crippen LogP contribution in [0.15, 0.2) is 6.20 Å². The van der Waals surface area contributed by atoms with E-state index in [1.807, 2.05) is 0 Å². The smallest absolute Gasteiger partial charge is 0.410 e. The number of rotatable bonds is 2. The minimum Gasteiger partial charge on any atom is -0.444 e. The molecule has 1 saturated heterocycles. The Labute approximate surface area is 157 Å². The van der Waals surface area contributed by atoms with E-state index >= 15 is 0 Å². The van der Waals surface area contributed by atoms with E-state index in [1.54, 1.807) is 31.9 Å². The summed E-state index contributed by atoms with van der Waals surface area (Å²) >= 11 is 0. The number of anilines is 1. The second-order valence-electron chi connectivity index (χ2n) is 7.71. The second kappa shape index (κ2) is 6.71. The predicted octanol–water partition coefficient (Wildman–Crippen LogP) is 0.164. The third-order valence-corrected chi connectivity index (χ3v) is 5.61. The molecule has 2 N–H and O–H groups in total. The minimum atomic E-state index is -3.80. The monoisotopic (exact) mass is 397 g/mol. The van der Waals surface area contributed by atoms with Crippen LogP contribution < -0.4 is 10.0 Å². The predicted molar refractivity (Wildman–Crippen MR) is 96.2 cm³/mol. The number of nitrogens with zero attached hydrogens (tertiary/aromatic N) is 4. The molecule has 3 rings (SSSR count). The standard InChI is InChI=1S/C16H23N5O5S/c1-16(2,3)26-15(23)20-5-4-12-10(8-20)7-18-14(19-12)21-9-11(6-13(21)22)27(17,24)25/h7,11H,4-6,8-9H2,1-3H3,(H2,17,24,25). The van der Waals surface area contributed by atoms with Crippen molar-refractivity contribution in [2.24, 2.45) is 5.14 Å². The molecule has 1 aromatic rings. The summed E-state index contributed by atoms with van der Waals surface area (Å²) in [5.41, 5.74) is 0.922. The number of sulfonamides is 1. The molecule has 1 aromatic heterocycles. The van der Waals surface area contributed by atoms with Crippen molar-refractivity contribution in [3.8, 4) is 0 Å². The van der Waals surface area contributed by atoms with Gasteiger partial charge in [-0.1, -0.05) is 0 Å². The second-order valence-corrected chi connectivity index (χ2v) is 9.56. The Morgan fingerprint density at radius 1 is 1.37 bits per heavy atom. The fourth-order valence-electron chi connectivity index (χ4n) is 3.01. The van der Waals surface area contributed by atoms with Gasteiger partial charge in [-0.25, -0.2) is 28.3 Å². The van der Waals surface area contributed by atoms with Crippen LogP contribution in [-0.2, 0) is 32.5 Å². The van der Waals surface area contributed by atoms with E-state index in [0.717, 1.165) is 11.3 Å². The molecule has 11 heteroatoms.